The number of methoxy groups -OCH3 is 1. The van der Waals surface area contributed by atoms with Gasteiger partial charge in [-0.1, -0.05) is 41.6 Å². The van der Waals surface area contributed by atoms with Gasteiger partial charge in [-0.3, -0.25) is 24.5 Å². The second-order valence-electron chi connectivity index (χ2n) is 9.70. The molecule has 0 saturated carbocycles. The fourth-order valence-electron chi connectivity index (χ4n) is 4.38. The van der Waals surface area contributed by atoms with Gasteiger partial charge >= 0.3 is 0 Å². The van der Waals surface area contributed by atoms with Crippen molar-refractivity contribution in [2.45, 2.75) is 18.7 Å². The Balaban J connectivity index is 1.46. The lowest BCUT2D eigenvalue weighted by molar-refractivity contribution is -0.384. The minimum absolute atomic E-state index is 0.114. The molecule has 0 spiro atoms. The summed E-state index contributed by atoms with van der Waals surface area (Å²) in [6.07, 6.45) is 0. The summed E-state index contributed by atoms with van der Waals surface area (Å²) in [5.74, 6) is -1.12. The summed E-state index contributed by atoms with van der Waals surface area (Å²) in [5, 5.41) is 16.8. The molecule has 0 aliphatic carbocycles. The Kier molecular flexibility index (Phi) is 8.26. The maximum atomic E-state index is 13.9. The van der Waals surface area contributed by atoms with E-state index in [2.05, 4.69) is 10.6 Å². The van der Waals surface area contributed by atoms with Crippen LogP contribution in [0.5, 0.6) is 5.75 Å². The predicted molar refractivity (Wildman–Crippen MR) is 165 cm³/mol. The molecule has 1 aliphatic rings. The molecule has 216 valence electrons. The SMILES string of the molecule is COc1ccc(C)cc1N1C(=O)C(Nc2ccc(C)cc2)=C(Sc2cccc(NC(=O)c3ccc([N+](=O)[O-])cc3)c2)C1=O. The first-order chi connectivity index (χ1) is 20.6. The number of thioether (sulfide) groups is 1. The number of amides is 3. The smallest absolute Gasteiger partial charge is 0.283 e. The van der Waals surface area contributed by atoms with Gasteiger partial charge in [0, 0.05) is 34.0 Å². The van der Waals surface area contributed by atoms with Crippen LogP contribution in [0.25, 0.3) is 0 Å². The molecule has 0 aromatic heterocycles. The highest BCUT2D eigenvalue weighted by Crippen LogP contribution is 2.41. The van der Waals surface area contributed by atoms with E-state index in [1.54, 1.807) is 36.4 Å². The topological polar surface area (TPSA) is 131 Å². The fraction of sp³-hybridized carbons (Fsp3) is 0.0938. The molecule has 0 saturated heterocycles. The first kappa shape index (κ1) is 29.1. The van der Waals surface area contributed by atoms with E-state index >= 15 is 0 Å². The van der Waals surface area contributed by atoms with Crippen molar-refractivity contribution in [2.24, 2.45) is 0 Å². The second-order valence-corrected chi connectivity index (χ2v) is 10.8. The number of nitro benzene ring substituents is 1. The van der Waals surface area contributed by atoms with Gasteiger partial charge in [-0.2, -0.15) is 0 Å². The summed E-state index contributed by atoms with van der Waals surface area (Å²) >= 11 is 1.09. The minimum Gasteiger partial charge on any atom is -0.495 e. The Hall–Kier alpha value is -5.42. The highest BCUT2D eigenvalue weighted by Gasteiger charge is 2.41. The number of aryl methyl sites for hydroxylation is 2. The molecule has 0 radical (unpaired) electrons. The quantitative estimate of drug-likeness (QED) is 0.128. The van der Waals surface area contributed by atoms with Crippen molar-refractivity contribution in [2.75, 3.05) is 22.6 Å². The molecule has 4 aromatic carbocycles. The third-order valence-corrected chi connectivity index (χ3v) is 7.66. The fourth-order valence-corrected chi connectivity index (χ4v) is 5.37. The number of carbonyl (C=O) groups excluding carboxylic acids is 3. The summed E-state index contributed by atoms with van der Waals surface area (Å²) in [6, 6.07) is 24.8. The number of carbonyl (C=O) groups is 3. The molecule has 5 rings (SSSR count). The highest BCUT2D eigenvalue weighted by atomic mass is 32.2. The normalized spacial score (nSPS) is 12.9. The molecule has 0 fully saturated rings. The molecule has 11 heteroatoms. The Morgan fingerprint density at radius 3 is 2.23 bits per heavy atom. The standard InChI is InChI=1S/C32H26N4O6S/c1-19-7-12-22(13-8-19)33-28-29(32(39)35(31(28)38)26-17-20(2)9-16-27(26)42-3)43-25-6-4-5-23(18-25)34-30(37)21-10-14-24(15-11-21)36(40)41/h4-18,33H,1-3H3,(H,34,37). The molecule has 10 nitrogen and oxygen atoms in total. The number of ether oxygens (including phenoxy) is 1. The van der Waals surface area contributed by atoms with Crippen LogP contribution in [-0.4, -0.2) is 29.8 Å². The number of nitrogens with one attached hydrogen (secondary N) is 2. The summed E-state index contributed by atoms with van der Waals surface area (Å²) in [7, 11) is 1.48. The Bertz CT molecular complexity index is 1780. The molecule has 0 bridgehead atoms. The lowest BCUT2D eigenvalue weighted by atomic mass is 10.2. The molecular formula is C32H26N4O6S. The molecule has 0 unspecified atom stereocenters. The van der Waals surface area contributed by atoms with Gasteiger partial charge in [-0.05, 0) is 74.0 Å². The van der Waals surface area contributed by atoms with E-state index in [0.29, 0.717) is 27.7 Å². The predicted octanol–water partition coefficient (Wildman–Crippen LogP) is 6.46. The van der Waals surface area contributed by atoms with Crippen LogP contribution in [-0.2, 0) is 9.59 Å². The second kappa shape index (κ2) is 12.2. The van der Waals surface area contributed by atoms with Gasteiger partial charge in [-0.25, -0.2) is 4.90 Å². The van der Waals surface area contributed by atoms with E-state index in [0.717, 1.165) is 27.8 Å². The average molecular weight is 595 g/mol. The molecule has 1 aliphatic heterocycles. The van der Waals surface area contributed by atoms with Gasteiger partial charge in [0.15, 0.2) is 0 Å². The third-order valence-electron chi connectivity index (χ3n) is 6.59. The lowest BCUT2D eigenvalue weighted by Gasteiger charge is -2.19. The van der Waals surface area contributed by atoms with Crippen molar-refractivity contribution in [3.63, 3.8) is 0 Å². The number of non-ortho nitro benzene ring substituents is 1. The molecule has 0 atom stereocenters. The van der Waals surface area contributed by atoms with Crippen LogP contribution in [0.3, 0.4) is 0 Å². The zero-order valence-corrected chi connectivity index (χ0v) is 24.2. The maximum Gasteiger partial charge on any atom is 0.283 e. The van der Waals surface area contributed by atoms with Crippen molar-refractivity contribution in [1.29, 1.82) is 0 Å². The van der Waals surface area contributed by atoms with E-state index in [9.17, 15) is 24.5 Å². The number of hydrogen-bond donors (Lipinski definition) is 2. The van der Waals surface area contributed by atoms with Crippen LogP contribution >= 0.6 is 11.8 Å². The molecule has 43 heavy (non-hydrogen) atoms. The van der Waals surface area contributed by atoms with E-state index in [4.69, 9.17) is 4.74 Å². The van der Waals surface area contributed by atoms with Crippen LogP contribution < -0.4 is 20.3 Å². The monoisotopic (exact) mass is 594 g/mol. The van der Waals surface area contributed by atoms with E-state index < -0.39 is 22.6 Å². The highest BCUT2D eigenvalue weighted by molar-refractivity contribution is 8.04. The van der Waals surface area contributed by atoms with Crippen LogP contribution in [0, 0.1) is 24.0 Å². The number of imide groups is 1. The zero-order valence-electron chi connectivity index (χ0n) is 23.4. The van der Waals surface area contributed by atoms with E-state index in [1.165, 1.54) is 31.4 Å². The first-order valence-corrected chi connectivity index (χ1v) is 13.9. The molecular weight excluding hydrogens is 568 g/mol. The molecule has 1 heterocycles. The Labute approximate surface area is 251 Å². The molecule has 4 aromatic rings. The average Bonchev–Trinajstić information content (AvgIpc) is 3.22. The van der Waals surface area contributed by atoms with Gasteiger partial charge in [-0.15, -0.1) is 0 Å². The molecule has 3 amide bonds. The largest absolute Gasteiger partial charge is 0.495 e. The maximum absolute atomic E-state index is 13.9. The van der Waals surface area contributed by atoms with Crippen molar-refractivity contribution in [1.82, 2.24) is 0 Å². The third kappa shape index (κ3) is 6.26. The first-order valence-electron chi connectivity index (χ1n) is 13.1. The number of anilines is 3. The van der Waals surface area contributed by atoms with Crippen molar-refractivity contribution in [3.8, 4) is 5.75 Å². The minimum atomic E-state index is -0.537. The van der Waals surface area contributed by atoms with Crippen LogP contribution in [0.15, 0.2) is 106 Å². The van der Waals surface area contributed by atoms with E-state index in [1.807, 2.05) is 44.2 Å². The van der Waals surface area contributed by atoms with Gasteiger partial charge in [0.25, 0.3) is 23.4 Å². The van der Waals surface area contributed by atoms with Gasteiger partial charge in [0.1, 0.15) is 16.4 Å². The van der Waals surface area contributed by atoms with Crippen molar-refractivity contribution >= 4 is 52.2 Å². The number of benzene rings is 4. The van der Waals surface area contributed by atoms with Gasteiger partial charge < -0.3 is 15.4 Å². The lowest BCUT2D eigenvalue weighted by Crippen LogP contribution is -2.32. The van der Waals surface area contributed by atoms with Crippen LogP contribution in [0.4, 0.5) is 22.7 Å². The van der Waals surface area contributed by atoms with Crippen LogP contribution in [0.2, 0.25) is 0 Å². The van der Waals surface area contributed by atoms with E-state index in [-0.39, 0.29) is 21.9 Å². The summed E-state index contributed by atoms with van der Waals surface area (Å²) < 4.78 is 5.47. The van der Waals surface area contributed by atoms with Crippen molar-refractivity contribution < 1.29 is 24.0 Å². The number of rotatable bonds is 9. The number of nitrogens with zero attached hydrogens (tertiary/aromatic N) is 2. The molecule has 2 N–H and O–H groups in total. The zero-order chi connectivity index (χ0) is 30.7. The van der Waals surface area contributed by atoms with Crippen LogP contribution in [0.1, 0.15) is 21.5 Å². The summed E-state index contributed by atoms with van der Waals surface area (Å²) in [5.41, 5.74) is 3.55. The van der Waals surface area contributed by atoms with Gasteiger partial charge in [0.05, 0.1) is 17.7 Å². The number of hydrogen-bond acceptors (Lipinski definition) is 8. The summed E-state index contributed by atoms with van der Waals surface area (Å²) in [6.45, 7) is 3.81. The Morgan fingerprint density at radius 1 is 0.860 bits per heavy atom. The number of nitro groups is 1. The van der Waals surface area contributed by atoms with Gasteiger partial charge in [0.2, 0.25) is 0 Å². The van der Waals surface area contributed by atoms with Crippen molar-refractivity contribution in [3.05, 3.63) is 128 Å². The Morgan fingerprint density at radius 2 is 1.56 bits per heavy atom. The summed E-state index contributed by atoms with van der Waals surface area (Å²) in [4.78, 5) is 52.8.